The molecule has 4 aromatic carbocycles. The largest absolute Gasteiger partial charge is 0.491 e. The minimum absolute atomic E-state index is 0.304. The number of ether oxygens (including phenoxy) is 4. The summed E-state index contributed by atoms with van der Waals surface area (Å²) >= 11 is 0. The predicted octanol–water partition coefficient (Wildman–Crippen LogP) is 5.89. The average Bonchev–Trinajstić information content (AvgIpc) is 3.63. The Morgan fingerprint density at radius 2 is 1.47 bits per heavy atom. The van der Waals surface area contributed by atoms with Gasteiger partial charge in [-0.15, -0.1) is 0 Å². The van der Waals surface area contributed by atoms with Crippen LogP contribution in [-0.4, -0.2) is 45.7 Å². The molecule has 34 heavy (non-hydrogen) atoms. The predicted molar refractivity (Wildman–Crippen MR) is 134 cm³/mol. The van der Waals surface area contributed by atoms with Crippen molar-refractivity contribution >= 4 is 10.8 Å². The quantitative estimate of drug-likeness (QED) is 0.196. The second-order valence-corrected chi connectivity index (χ2v) is 8.88. The number of benzene rings is 4. The summed E-state index contributed by atoms with van der Waals surface area (Å²) in [6, 6.07) is 28.4. The van der Waals surface area contributed by atoms with E-state index < -0.39 is 0 Å². The van der Waals surface area contributed by atoms with Gasteiger partial charge >= 0.3 is 0 Å². The highest BCUT2D eigenvalue weighted by molar-refractivity contribution is 5.91. The van der Waals surface area contributed by atoms with Gasteiger partial charge in [0.2, 0.25) is 0 Å². The molecule has 6 rings (SSSR count). The van der Waals surface area contributed by atoms with Crippen LogP contribution in [0.5, 0.6) is 5.75 Å². The first-order valence-corrected chi connectivity index (χ1v) is 12.0. The Morgan fingerprint density at radius 3 is 2.41 bits per heavy atom. The maximum Gasteiger partial charge on any atom is 0.120 e. The number of hydrogen-bond acceptors (Lipinski definition) is 4. The van der Waals surface area contributed by atoms with E-state index in [9.17, 15) is 0 Å². The highest BCUT2D eigenvalue weighted by atomic mass is 16.6. The third-order valence-corrected chi connectivity index (χ3v) is 6.55. The van der Waals surface area contributed by atoms with Crippen LogP contribution in [0.25, 0.3) is 33.0 Å². The summed E-state index contributed by atoms with van der Waals surface area (Å²) in [6.45, 7) is 3.72. The molecule has 1 aliphatic carbocycles. The molecule has 0 N–H and O–H groups in total. The zero-order valence-corrected chi connectivity index (χ0v) is 19.2. The Morgan fingerprint density at radius 1 is 0.706 bits per heavy atom. The van der Waals surface area contributed by atoms with Gasteiger partial charge in [-0.1, -0.05) is 60.7 Å². The molecular formula is C30H28O4. The Balaban J connectivity index is 1.09. The minimum atomic E-state index is 0.304. The first-order chi connectivity index (χ1) is 16.8. The first kappa shape index (κ1) is 21.4. The Hall–Kier alpha value is -3.18. The smallest absolute Gasteiger partial charge is 0.120 e. The van der Waals surface area contributed by atoms with Gasteiger partial charge in [-0.3, -0.25) is 0 Å². The normalized spacial score (nSPS) is 15.8. The van der Waals surface area contributed by atoms with Gasteiger partial charge in [0, 0.05) is 0 Å². The molecule has 0 amide bonds. The van der Waals surface area contributed by atoms with Crippen molar-refractivity contribution in [3.63, 3.8) is 0 Å². The Bertz CT molecular complexity index is 1310. The van der Waals surface area contributed by atoms with Gasteiger partial charge in [-0.25, -0.2) is 0 Å². The lowest BCUT2D eigenvalue weighted by Gasteiger charge is -2.11. The van der Waals surface area contributed by atoms with E-state index in [0.717, 1.165) is 18.8 Å². The first-order valence-electron chi connectivity index (χ1n) is 12.0. The lowest BCUT2D eigenvalue weighted by atomic mass is 9.94. The second kappa shape index (κ2) is 9.59. The third kappa shape index (κ3) is 4.58. The van der Waals surface area contributed by atoms with Gasteiger partial charge in [0.05, 0.1) is 33.0 Å². The zero-order chi connectivity index (χ0) is 22.7. The third-order valence-electron chi connectivity index (χ3n) is 6.55. The molecular weight excluding hydrogens is 424 g/mol. The summed E-state index contributed by atoms with van der Waals surface area (Å²) in [5, 5.41) is 2.39. The Kier molecular flexibility index (Phi) is 6.02. The summed E-state index contributed by atoms with van der Waals surface area (Å²) in [6.07, 6.45) is 1.30. The molecule has 1 fully saturated rings. The van der Waals surface area contributed by atoms with Gasteiger partial charge in [0.1, 0.15) is 18.5 Å². The fourth-order valence-electron chi connectivity index (χ4n) is 4.73. The second-order valence-electron chi connectivity index (χ2n) is 8.88. The van der Waals surface area contributed by atoms with Gasteiger partial charge in [-0.05, 0) is 68.8 Å². The van der Waals surface area contributed by atoms with Crippen molar-refractivity contribution < 1.29 is 18.9 Å². The topological polar surface area (TPSA) is 40.2 Å². The molecule has 0 spiro atoms. The van der Waals surface area contributed by atoms with Crippen molar-refractivity contribution in [3.05, 3.63) is 90.0 Å². The molecule has 4 heteroatoms. The van der Waals surface area contributed by atoms with E-state index in [1.54, 1.807) is 0 Å². The van der Waals surface area contributed by atoms with Crippen LogP contribution in [0.4, 0.5) is 0 Å². The van der Waals surface area contributed by atoms with Crippen LogP contribution in [0, 0.1) is 0 Å². The summed E-state index contributed by atoms with van der Waals surface area (Å²) < 4.78 is 22.0. The molecule has 0 saturated carbocycles. The van der Waals surface area contributed by atoms with Gasteiger partial charge < -0.3 is 18.9 Å². The highest BCUT2D eigenvalue weighted by Gasteiger charge is 2.22. The summed E-state index contributed by atoms with van der Waals surface area (Å²) in [5.74, 6) is 0.863. The maximum atomic E-state index is 5.89. The highest BCUT2D eigenvalue weighted by Crippen LogP contribution is 2.41. The molecule has 172 valence electrons. The number of fused-ring (bicyclic) bond motifs is 4. The van der Waals surface area contributed by atoms with E-state index in [1.807, 2.05) is 6.07 Å². The zero-order valence-electron chi connectivity index (χ0n) is 19.2. The molecule has 2 aliphatic rings. The lowest BCUT2D eigenvalue weighted by Crippen LogP contribution is -2.12. The monoisotopic (exact) mass is 452 g/mol. The molecule has 0 radical (unpaired) electrons. The van der Waals surface area contributed by atoms with Gasteiger partial charge in [-0.2, -0.15) is 0 Å². The van der Waals surface area contributed by atoms with Gasteiger partial charge in [0.15, 0.2) is 0 Å². The average molecular weight is 453 g/mol. The standard InChI is InChI=1S/C30H28O4/c1-2-5-27-23(4-1)18-30-28(6-3-7-29(27)30)24-9-8-22-17-25(11-10-21(22)16-24)33-15-14-31-12-13-32-19-26-20-34-26/h1-11,16-17,26H,12-15,18-20H2. The van der Waals surface area contributed by atoms with E-state index in [-0.39, 0.29) is 0 Å². The van der Waals surface area contributed by atoms with E-state index >= 15 is 0 Å². The fraction of sp³-hybridized carbons (Fsp3) is 0.267. The number of rotatable bonds is 10. The van der Waals surface area contributed by atoms with E-state index in [4.69, 9.17) is 18.9 Å². The molecule has 1 heterocycles. The molecule has 0 aromatic heterocycles. The molecule has 1 unspecified atom stereocenters. The summed E-state index contributed by atoms with van der Waals surface area (Å²) in [4.78, 5) is 0. The van der Waals surface area contributed by atoms with Crippen LogP contribution in [0.1, 0.15) is 11.1 Å². The van der Waals surface area contributed by atoms with Crippen LogP contribution in [-0.2, 0) is 20.6 Å². The van der Waals surface area contributed by atoms with Crippen LogP contribution in [0.2, 0.25) is 0 Å². The van der Waals surface area contributed by atoms with E-state index in [0.29, 0.717) is 39.1 Å². The molecule has 1 saturated heterocycles. The molecule has 4 nitrogen and oxygen atoms in total. The molecule has 4 aromatic rings. The van der Waals surface area contributed by atoms with Crippen LogP contribution >= 0.6 is 0 Å². The van der Waals surface area contributed by atoms with Crippen LogP contribution in [0.3, 0.4) is 0 Å². The summed E-state index contributed by atoms with van der Waals surface area (Å²) in [7, 11) is 0. The minimum Gasteiger partial charge on any atom is -0.491 e. The van der Waals surface area contributed by atoms with E-state index in [2.05, 4.69) is 72.8 Å². The maximum absolute atomic E-state index is 5.89. The van der Waals surface area contributed by atoms with Crippen LogP contribution < -0.4 is 4.74 Å². The van der Waals surface area contributed by atoms with Crippen molar-refractivity contribution in [2.45, 2.75) is 12.5 Å². The van der Waals surface area contributed by atoms with Crippen molar-refractivity contribution in [3.8, 4) is 28.0 Å². The fourth-order valence-corrected chi connectivity index (χ4v) is 4.73. The van der Waals surface area contributed by atoms with Gasteiger partial charge in [0.25, 0.3) is 0 Å². The van der Waals surface area contributed by atoms with Crippen molar-refractivity contribution in [2.75, 3.05) is 39.6 Å². The molecule has 1 aliphatic heterocycles. The number of epoxide rings is 1. The van der Waals surface area contributed by atoms with Crippen molar-refractivity contribution in [1.29, 1.82) is 0 Å². The van der Waals surface area contributed by atoms with Crippen molar-refractivity contribution in [2.24, 2.45) is 0 Å². The van der Waals surface area contributed by atoms with Crippen LogP contribution in [0.15, 0.2) is 78.9 Å². The summed E-state index contributed by atoms with van der Waals surface area (Å²) in [5.41, 5.74) is 8.15. The molecule has 0 bridgehead atoms. The Labute approximate surface area is 200 Å². The van der Waals surface area contributed by atoms with E-state index in [1.165, 1.54) is 44.2 Å². The molecule has 1 atom stereocenters. The number of hydrogen-bond donors (Lipinski definition) is 0. The van der Waals surface area contributed by atoms with Crippen molar-refractivity contribution in [1.82, 2.24) is 0 Å². The lowest BCUT2D eigenvalue weighted by molar-refractivity contribution is 0.0317. The SMILES string of the molecule is c1ccc2c(c1)Cc1c(-c3ccc4cc(OCCOCCOCC5CO5)ccc4c3)cccc1-2.